The summed E-state index contributed by atoms with van der Waals surface area (Å²) in [5.41, 5.74) is 1.00. The molecular weight excluding hydrogens is 404 g/mol. The number of benzene rings is 3. The Hall–Kier alpha value is -3.23. The molecule has 0 saturated carbocycles. The fraction of sp³-hybridized carbons (Fsp3) is 0.182. The maximum Gasteiger partial charge on any atom is 0.305 e. The van der Waals surface area contributed by atoms with Crippen molar-refractivity contribution in [1.29, 1.82) is 0 Å². The van der Waals surface area contributed by atoms with E-state index >= 15 is 0 Å². The molecule has 3 rings (SSSR count). The topological polar surface area (TPSA) is 113 Å². The minimum atomic E-state index is -4.13. The zero-order valence-electron chi connectivity index (χ0n) is 16.1. The second-order valence-corrected chi connectivity index (χ2v) is 8.46. The summed E-state index contributed by atoms with van der Waals surface area (Å²) in [7, 11) is -4.13. The number of hydrogen-bond acceptors (Lipinski definition) is 4. The number of carboxylic acids is 1. The van der Waals surface area contributed by atoms with Crippen molar-refractivity contribution in [1.82, 2.24) is 10.0 Å². The van der Waals surface area contributed by atoms with Gasteiger partial charge in [-0.15, -0.1) is 0 Å². The molecule has 3 aromatic carbocycles. The van der Waals surface area contributed by atoms with Gasteiger partial charge in [0.1, 0.15) is 6.04 Å². The number of carbonyl (C=O) groups excluding carboxylic acids is 1. The lowest BCUT2D eigenvalue weighted by molar-refractivity contribution is -0.139. The van der Waals surface area contributed by atoms with Crippen LogP contribution in [-0.2, 0) is 26.0 Å². The minimum Gasteiger partial charge on any atom is -0.481 e. The highest BCUT2D eigenvalue weighted by Crippen LogP contribution is 2.23. The SMILES string of the molecule is O=C(O)C[C@H](NS(=O)(=O)c1cccc2ccccc12)C(=O)NCCc1ccccc1. The van der Waals surface area contributed by atoms with Gasteiger partial charge in [0, 0.05) is 11.9 Å². The van der Waals surface area contributed by atoms with Crippen molar-refractivity contribution in [3.05, 3.63) is 78.4 Å². The van der Waals surface area contributed by atoms with E-state index in [4.69, 9.17) is 5.11 Å². The van der Waals surface area contributed by atoms with Crippen molar-refractivity contribution in [2.45, 2.75) is 23.8 Å². The van der Waals surface area contributed by atoms with Crippen LogP contribution in [0.4, 0.5) is 0 Å². The van der Waals surface area contributed by atoms with Crippen LogP contribution in [0.3, 0.4) is 0 Å². The van der Waals surface area contributed by atoms with Gasteiger partial charge in [0.15, 0.2) is 0 Å². The highest BCUT2D eigenvalue weighted by molar-refractivity contribution is 7.89. The molecule has 1 amide bonds. The summed E-state index contributed by atoms with van der Waals surface area (Å²) in [5.74, 6) is -1.96. The van der Waals surface area contributed by atoms with Crippen molar-refractivity contribution in [2.24, 2.45) is 0 Å². The molecule has 0 fully saturated rings. The molecule has 1 atom stereocenters. The fourth-order valence-electron chi connectivity index (χ4n) is 3.14. The van der Waals surface area contributed by atoms with Gasteiger partial charge in [-0.2, -0.15) is 4.72 Å². The molecule has 0 radical (unpaired) electrons. The number of fused-ring (bicyclic) bond motifs is 1. The van der Waals surface area contributed by atoms with Crippen molar-refractivity contribution in [2.75, 3.05) is 6.54 Å². The van der Waals surface area contributed by atoms with Crippen molar-refractivity contribution >= 4 is 32.7 Å². The van der Waals surface area contributed by atoms with Crippen molar-refractivity contribution < 1.29 is 23.1 Å². The summed E-state index contributed by atoms with van der Waals surface area (Å²) in [6.07, 6.45) is -0.121. The van der Waals surface area contributed by atoms with Crippen LogP contribution in [0, 0.1) is 0 Å². The third kappa shape index (κ3) is 5.43. The summed E-state index contributed by atoms with van der Waals surface area (Å²) in [6.45, 7) is 0.259. The number of amides is 1. The first-order valence-electron chi connectivity index (χ1n) is 9.40. The lowest BCUT2D eigenvalue weighted by atomic mass is 10.1. The fourth-order valence-corrected chi connectivity index (χ4v) is 4.57. The van der Waals surface area contributed by atoms with E-state index in [-0.39, 0.29) is 11.4 Å². The van der Waals surface area contributed by atoms with Gasteiger partial charge in [-0.05, 0) is 23.4 Å². The maximum atomic E-state index is 13.0. The molecule has 7 nitrogen and oxygen atoms in total. The maximum absolute atomic E-state index is 13.0. The highest BCUT2D eigenvalue weighted by Gasteiger charge is 2.28. The first-order valence-corrected chi connectivity index (χ1v) is 10.9. The van der Waals surface area contributed by atoms with E-state index in [2.05, 4.69) is 10.0 Å². The number of carboxylic acid groups (broad SMARTS) is 1. The molecule has 0 spiro atoms. The number of aliphatic carboxylic acids is 1. The Kier molecular flexibility index (Phi) is 6.81. The van der Waals surface area contributed by atoms with Crippen molar-refractivity contribution in [3.63, 3.8) is 0 Å². The molecule has 156 valence electrons. The molecule has 3 aromatic rings. The van der Waals surface area contributed by atoms with E-state index in [1.54, 1.807) is 36.4 Å². The lowest BCUT2D eigenvalue weighted by Crippen LogP contribution is -2.48. The molecule has 0 aliphatic carbocycles. The average molecular weight is 426 g/mol. The first-order chi connectivity index (χ1) is 14.4. The van der Waals surface area contributed by atoms with Crippen LogP contribution in [-0.4, -0.2) is 38.0 Å². The Morgan fingerprint density at radius 3 is 2.30 bits per heavy atom. The molecule has 0 aromatic heterocycles. The van der Waals surface area contributed by atoms with Gasteiger partial charge in [-0.1, -0.05) is 66.7 Å². The van der Waals surface area contributed by atoms with Crippen molar-refractivity contribution in [3.8, 4) is 0 Å². The summed E-state index contributed by atoms with van der Waals surface area (Å²) < 4.78 is 28.2. The minimum absolute atomic E-state index is 0.00641. The van der Waals surface area contributed by atoms with Gasteiger partial charge in [-0.25, -0.2) is 8.42 Å². The van der Waals surface area contributed by atoms with Gasteiger partial charge in [0.05, 0.1) is 11.3 Å². The smallest absolute Gasteiger partial charge is 0.305 e. The highest BCUT2D eigenvalue weighted by atomic mass is 32.2. The standard InChI is InChI=1S/C22H22N2O5S/c25-21(26)15-19(22(27)23-14-13-16-7-2-1-3-8-16)24-30(28,29)20-12-6-10-17-9-4-5-11-18(17)20/h1-12,19,24H,13-15H2,(H,23,27)(H,25,26)/t19-/m0/s1. The second kappa shape index (κ2) is 9.51. The Morgan fingerprint density at radius 2 is 1.57 bits per heavy atom. The van der Waals surface area contributed by atoms with E-state index in [0.29, 0.717) is 11.8 Å². The summed E-state index contributed by atoms with van der Waals surface area (Å²) in [6, 6.07) is 19.8. The Morgan fingerprint density at radius 1 is 0.900 bits per heavy atom. The summed E-state index contributed by atoms with van der Waals surface area (Å²) in [4.78, 5) is 23.8. The third-order valence-electron chi connectivity index (χ3n) is 4.59. The molecule has 0 saturated heterocycles. The number of rotatable bonds is 9. The van der Waals surface area contributed by atoms with E-state index in [0.717, 1.165) is 10.9 Å². The molecule has 8 heteroatoms. The van der Waals surface area contributed by atoms with Crippen LogP contribution in [0.25, 0.3) is 10.8 Å². The van der Waals surface area contributed by atoms with Crippen LogP contribution in [0.1, 0.15) is 12.0 Å². The van der Waals surface area contributed by atoms with Gasteiger partial charge >= 0.3 is 5.97 Å². The quantitative estimate of drug-likeness (QED) is 0.486. The predicted octanol–water partition coefficient (Wildman–Crippen LogP) is 2.32. The van der Waals surface area contributed by atoms with Gasteiger partial charge in [-0.3, -0.25) is 9.59 Å². The molecule has 0 aliphatic heterocycles. The van der Waals surface area contributed by atoms with E-state index < -0.39 is 34.4 Å². The number of carbonyl (C=O) groups is 2. The van der Waals surface area contributed by atoms with Gasteiger partial charge < -0.3 is 10.4 Å². The lowest BCUT2D eigenvalue weighted by Gasteiger charge is -2.18. The number of hydrogen-bond donors (Lipinski definition) is 3. The second-order valence-electron chi connectivity index (χ2n) is 6.78. The zero-order chi connectivity index (χ0) is 21.6. The molecule has 30 heavy (non-hydrogen) atoms. The Bertz CT molecular complexity index is 1140. The molecule has 0 bridgehead atoms. The van der Waals surface area contributed by atoms with Gasteiger partial charge in [0.2, 0.25) is 15.9 Å². The molecular formula is C22H22N2O5S. The van der Waals surface area contributed by atoms with Gasteiger partial charge in [0.25, 0.3) is 0 Å². The van der Waals surface area contributed by atoms with Crippen LogP contribution < -0.4 is 10.0 Å². The van der Waals surface area contributed by atoms with Crippen LogP contribution in [0.15, 0.2) is 77.7 Å². The van der Waals surface area contributed by atoms with E-state index in [9.17, 15) is 18.0 Å². The Balaban J connectivity index is 1.76. The van der Waals surface area contributed by atoms with Crippen LogP contribution >= 0.6 is 0 Å². The molecule has 0 aliphatic rings. The molecule has 0 heterocycles. The third-order valence-corrected chi connectivity index (χ3v) is 6.12. The first kappa shape index (κ1) is 21.5. The average Bonchev–Trinajstić information content (AvgIpc) is 2.73. The Labute approximate surface area is 174 Å². The number of sulfonamides is 1. The zero-order valence-corrected chi connectivity index (χ0v) is 16.9. The largest absolute Gasteiger partial charge is 0.481 e. The monoisotopic (exact) mass is 426 g/mol. The van der Waals surface area contributed by atoms with Crippen LogP contribution in [0.5, 0.6) is 0 Å². The molecule has 0 unspecified atom stereocenters. The summed E-state index contributed by atoms with van der Waals surface area (Å²) in [5, 5.41) is 13.0. The predicted molar refractivity (Wildman–Crippen MR) is 113 cm³/mol. The summed E-state index contributed by atoms with van der Waals surface area (Å²) >= 11 is 0. The number of nitrogens with one attached hydrogen (secondary N) is 2. The van der Waals surface area contributed by atoms with Crippen LogP contribution in [0.2, 0.25) is 0 Å². The normalized spacial score (nSPS) is 12.4. The van der Waals surface area contributed by atoms with E-state index in [1.165, 1.54) is 6.07 Å². The molecule has 3 N–H and O–H groups in total. The van der Waals surface area contributed by atoms with E-state index in [1.807, 2.05) is 30.3 Å².